The molecule has 0 radical (unpaired) electrons. The van der Waals surface area contributed by atoms with Gasteiger partial charge in [-0.05, 0) is 24.8 Å². The molecule has 1 amide bonds. The molecule has 1 fully saturated rings. The number of carbonyl (C=O) groups excluding carboxylic acids is 1. The second-order valence-electron chi connectivity index (χ2n) is 5.46. The van der Waals surface area contributed by atoms with Crippen LogP contribution in [0.4, 0.5) is 0 Å². The molecule has 20 heavy (non-hydrogen) atoms. The molecule has 4 heteroatoms. The molecular formula is C16H21NO3. The molecule has 1 saturated carbocycles. The monoisotopic (exact) mass is 275 g/mol. The summed E-state index contributed by atoms with van der Waals surface area (Å²) in [6.45, 7) is 1.94. The summed E-state index contributed by atoms with van der Waals surface area (Å²) in [6.07, 6.45) is 3.42. The van der Waals surface area contributed by atoms with Gasteiger partial charge in [0.05, 0.1) is 5.92 Å². The van der Waals surface area contributed by atoms with E-state index in [9.17, 15) is 14.7 Å². The molecule has 1 aliphatic carbocycles. The Morgan fingerprint density at radius 2 is 1.85 bits per heavy atom. The molecule has 0 heterocycles. The van der Waals surface area contributed by atoms with Crippen LogP contribution in [0.25, 0.3) is 0 Å². The number of hydrogen-bond donors (Lipinski definition) is 2. The average Bonchev–Trinajstić information content (AvgIpc) is 2.90. The molecule has 1 aromatic carbocycles. The third-order valence-corrected chi connectivity index (χ3v) is 4.16. The van der Waals surface area contributed by atoms with Gasteiger partial charge in [0.25, 0.3) is 0 Å². The highest BCUT2D eigenvalue weighted by Crippen LogP contribution is 2.31. The molecule has 2 N–H and O–H groups in total. The topological polar surface area (TPSA) is 66.4 Å². The van der Waals surface area contributed by atoms with Crippen molar-refractivity contribution in [1.82, 2.24) is 5.32 Å². The van der Waals surface area contributed by atoms with Crippen molar-refractivity contribution in [2.75, 3.05) is 0 Å². The van der Waals surface area contributed by atoms with Gasteiger partial charge in [-0.1, -0.05) is 50.1 Å². The normalized spacial score (nSPS) is 18.4. The van der Waals surface area contributed by atoms with Crippen LogP contribution in [0.15, 0.2) is 30.3 Å². The fraction of sp³-hybridized carbons (Fsp3) is 0.500. The minimum Gasteiger partial charge on any atom is -0.480 e. The van der Waals surface area contributed by atoms with E-state index >= 15 is 0 Å². The molecule has 0 spiro atoms. The lowest BCUT2D eigenvalue weighted by atomic mass is 9.92. The van der Waals surface area contributed by atoms with E-state index in [2.05, 4.69) is 5.32 Å². The molecule has 0 saturated heterocycles. The number of hydrogen-bond acceptors (Lipinski definition) is 2. The highest BCUT2D eigenvalue weighted by molar-refractivity contribution is 5.90. The van der Waals surface area contributed by atoms with Crippen molar-refractivity contribution < 1.29 is 14.7 Å². The molecule has 108 valence electrons. The van der Waals surface area contributed by atoms with E-state index in [1.165, 1.54) is 0 Å². The van der Waals surface area contributed by atoms with Crippen LogP contribution in [-0.2, 0) is 9.59 Å². The predicted molar refractivity (Wildman–Crippen MR) is 76.5 cm³/mol. The zero-order chi connectivity index (χ0) is 14.6. The first-order chi connectivity index (χ1) is 9.59. The summed E-state index contributed by atoms with van der Waals surface area (Å²) in [4.78, 5) is 24.0. The van der Waals surface area contributed by atoms with Gasteiger partial charge in [-0.2, -0.15) is 0 Å². The van der Waals surface area contributed by atoms with Crippen molar-refractivity contribution in [1.29, 1.82) is 0 Å². The van der Waals surface area contributed by atoms with Crippen LogP contribution in [0.3, 0.4) is 0 Å². The van der Waals surface area contributed by atoms with Gasteiger partial charge in [-0.3, -0.25) is 4.79 Å². The molecule has 1 aromatic rings. The molecule has 0 aromatic heterocycles. The molecule has 0 aliphatic heterocycles. The molecule has 1 aliphatic rings. The van der Waals surface area contributed by atoms with Gasteiger partial charge < -0.3 is 10.4 Å². The Bertz CT molecular complexity index is 478. The lowest BCUT2D eigenvalue weighted by molar-refractivity contribution is -0.147. The number of carboxylic acid groups (broad SMARTS) is 1. The van der Waals surface area contributed by atoms with Gasteiger partial charge >= 0.3 is 5.97 Å². The minimum atomic E-state index is -1.06. The number of amides is 1. The Kier molecular flexibility index (Phi) is 4.42. The second-order valence-corrected chi connectivity index (χ2v) is 5.46. The Morgan fingerprint density at radius 1 is 1.25 bits per heavy atom. The number of nitrogens with one attached hydrogen (secondary N) is 1. The summed E-state index contributed by atoms with van der Waals surface area (Å²) in [5.74, 6) is -1.37. The van der Waals surface area contributed by atoms with Crippen LogP contribution < -0.4 is 5.32 Å². The smallest absolute Gasteiger partial charge is 0.329 e. The van der Waals surface area contributed by atoms with Crippen molar-refractivity contribution in [3.05, 3.63) is 35.9 Å². The fourth-order valence-electron chi connectivity index (χ4n) is 2.95. The molecule has 0 bridgehead atoms. The number of benzene rings is 1. The summed E-state index contributed by atoms with van der Waals surface area (Å²) in [6, 6.07) is 9.52. The van der Waals surface area contributed by atoms with Gasteiger partial charge in [0.15, 0.2) is 0 Å². The Hall–Kier alpha value is -1.84. The van der Waals surface area contributed by atoms with E-state index in [0.29, 0.717) is 19.3 Å². The summed E-state index contributed by atoms with van der Waals surface area (Å²) < 4.78 is 0. The predicted octanol–water partition coefficient (Wildman–Crippen LogP) is 2.69. The fourth-order valence-corrected chi connectivity index (χ4v) is 2.95. The summed E-state index contributed by atoms with van der Waals surface area (Å²) >= 11 is 0. The number of rotatable bonds is 5. The number of carbonyl (C=O) groups is 2. The van der Waals surface area contributed by atoms with Gasteiger partial charge in [0, 0.05) is 0 Å². The largest absolute Gasteiger partial charge is 0.480 e. The minimum absolute atomic E-state index is 0.178. The summed E-state index contributed by atoms with van der Waals surface area (Å²) in [5.41, 5.74) is -0.120. The first-order valence-electron chi connectivity index (χ1n) is 7.19. The first kappa shape index (κ1) is 14.6. The zero-order valence-electron chi connectivity index (χ0n) is 11.8. The van der Waals surface area contributed by atoms with E-state index < -0.39 is 11.5 Å². The quantitative estimate of drug-likeness (QED) is 0.868. The third-order valence-electron chi connectivity index (χ3n) is 4.16. The molecule has 4 nitrogen and oxygen atoms in total. The van der Waals surface area contributed by atoms with Crippen LogP contribution in [0.5, 0.6) is 0 Å². The molecular weight excluding hydrogens is 254 g/mol. The first-order valence-corrected chi connectivity index (χ1v) is 7.19. The molecule has 2 rings (SSSR count). The van der Waals surface area contributed by atoms with E-state index in [1.54, 1.807) is 0 Å². The zero-order valence-corrected chi connectivity index (χ0v) is 11.8. The van der Waals surface area contributed by atoms with Crippen molar-refractivity contribution in [2.24, 2.45) is 0 Å². The molecule has 1 atom stereocenters. The van der Waals surface area contributed by atoms with Gasteiger partial charge in [0.2, 0.25) is 5.91 Å². The average molecular weight is 275 g/mol. The Balaban J connectivity index is 2.15. The Morgan fingerprint density at radius 3 is 2.35 bits per heavy atom. The van der Waals surface area contributed by atoms with Crippen molar-refractivity contribution in [3.8, 4) is 0 Å². The molecule has 1 unspecified atom stereocenters. The van der Waals surface area contributed by atoms with Crippen molar-refractivity contribution in [3.63, 3.8) is 0 Å². The Labute approximate surface area is 119 Å². The van der Waals surface area contributed by atoms with E-state index in [4.69, 9.17) is 0 Å². The van der Waals surface area contributed by atoms with Gasteiger partial charge in [-0.25, -0.2) is 4.79 Å². The maximum Gasteiger partial charge on any atom is 0.329 e. The van der Waals surface area contributed by atoms with Crippen LogP contribution in [0, 0.1) is 0 Å². The summed E-state index contributed by atoms with van der Waals surface area (Å²) in [7, 11) is 0. The lowest BCUT2D eigenvalue weighted by Crippen LogP contribution is -2.53. The van der Waals surface area contributed by atoms with E-state index in [0.717, 1.165) is 18.4 Å². The van der Waals surface area contributed by atoms with Crippen LogP contribution in [-0.4, -0.2) is 22.5 Å². The van der Waals surface area contributed by atoms with Crippen molar-refractivity contribution >= 4 is 11.9 Å². The summed E-state index contributed by atoms with van der Waals surface area (Å²) in [5, 5.41) is 12.2. The number of carboxylic acids is 1. The van der Waals surface area contributed by atoms with Crippen LogP contribution in [0.1, 0.15) is 50.5 Å². The SMILES string of the molecule is CCC(C(=O)NC1(C(=O)O)CCCC1)c1ccccc1. The maximum atomic E-state index is 12.5. The highest BCUT2D eigenvalue weighted by Gasteiger charge is 2.43. The second kappa shape index (κ2) is 6.07. The lowest BCUT2D eigenvalue weighted by Gasteiger charge is -2.28. The number of aliphatic carboxylic acids is 1. The highest BCUT2D eigenvalue weighted by atomic mass is 16.4. The third kappa shape index (κ3) is 2.84. The van der Waals surface area contributed by atoms with Crippen LogP contribution >= 0.6 is 0 Å². The van der Waals surface area contributed by atoms with Crippen molar-refractivity contribution in [2.45, 2.75) is 50.5 Å². The standard InChI is InChI=1S/C16H21NO3/c1-2-13(12-8-4-3-5-9-12)14(18)17-16(15(19)20)10-6-7-11-16/h3-5,8-9,13H,2,6-7,10-11H2,1H3,(H,17,18)(H,19,20). The van der Waals surface area contributed by atoms with Gasteiger partial charge in [-0.15, -0.1) is 0 Å². The van der Waals surface area contributed by atoms with E-state index in [1.807, 2.05) is 37.3 Å². The maximum absolute atomic E-state index is 12.5. The van der Waals surface area contributed by atoms with Gasteiger partial charge in [0.1, 0.15) is 5.54 Å². The van der Waals surface area contributed by atoms with E-state index in [-0.39, 0.29) is 11.8 Å². The van der Waals surface area contributed by atoms with Crippen LogP contribution in [0.2, 0.25) is 0 Å².